The zero-order chi connectivity index (χ0) is 10.4. The van der Waals surface area contributed by atoms with Crippen molar-refractivity contribution < 1.29 is 14.3 Å². The van der Waals surface area contributed by atoms with Crippen LogP contribution in [0.15, 0.2) is 0 Å². The van der Waals surface area contributed by atoms with Gasteiger partial charge in [0.25, 0.3) is 0 Å². The summed E-state index contributed by atoms with van der Waals surface area (Å²) in [6, 6.07) is 0. The summed E-state index contributed by atoms with van der Waals surface area (Å²) in [4.78, 5) is 22.2. The average molecular weight is 199 g/mol. The molecule has 4 heteroatoms. The minimum absolute atomic E-state index is 0.0893. The molecule has 1 N–H and O–H groups in total. The van der Waals surface area contributed by atoms with Gasteiger partial charge in [-0.05, 0) is 12.8 Å². The van der Waals surface area contributed by atoms with Crippen LogP contribution in [-0.4, -0.2) is 25.5 Å². The van der Waals surface area contributed by atoms with Crippen LogP contribution in [0.5, 0.6) is 0 Å². The average Bonchev–Trinajstić information content (AvgIpc) is 2.70. The molecule has 0 radical (unpaired) electrons. The van der Waals surface area contributed by atoms with Crippen LogP contribution in [0.2, 0.25) is 0 Å². The number of esters is 1. The summed E-state index contributed by atoms with van der Waals surface area (Å²) in [6.45, 7) is 0.391. The number of ether oxygens (including phenoxy) is 1. The number of hydrogen-bond acceptors (Lipinski definition) is 3. The van der Waals surface area contributed by atoms with Gasteiger partial charge in [0.05, 0.1) is 13.5 Å². The third kappa shape index (κ3) is 3.36. The molecule has 1 amide bonds. The largest absolute Gasteiger partial charge is 0.469 e. The van der Waals surface area contributed by atoms with E-state index < -0.39 is 0 Å². The van der Waals surface area contributed by atoms with E-state index in [0.29, 0.717) is 6.54 Å². The van der Waals surface area contributed by atoms with Crippen LogP contribution in [-0.2, 0) is 14.3 Å². The molecular formula is C10H17NO3. The number of methoxy groups -OCH3 is 1. The highest BCUT2D eigenvalue weighted by Crippen LogP contribution is 2.24. The van der Waals surface area contributed by atoms with Gasteiger partial charge in [-0.2, -0.15) is 0 Å². The van der Waals surface area contributed by atoms with Crippen LogP contribution in [0.25, 0.3) is 0 Å². The molecule has 0 spiro atoms. The highest BCUT2D eigenvalue weighted by Gasteiger charge is 2.22. The summed E-state index contributed by atoms with van der Waals surface area (Å²) in [5.41, 5.74) is 0. The Balaban J connectivity index is 2.11. The van der Waals surface area contributed by atoms with Crippen molar-refractivity contribution in [3.8, 4) is 0 Å². The third-order valence-corrected chi connectivity index (χ3v) is 2.58. The van der Waals surface area contributed by atoms with Crippen molar-refractivity contribution in [2.75, 3.05) is 13.7 Å². The number of nitrogens with one attached hydrogen (secondary N) is 1. The molecule has 0 bridgehead atoms. The highest BCUT2D eigenvalue weighted by molar-refractivity contribution is 5.79. The summed E-state index contributed by atoms with van der Waals surface area (Å²) in [5.74, 6) is -0.0178. The molecule has 0 unspecified atom stereocenters. The molecule has 1 aliphatic carbocycles. The van der Waals surface area contributed by atoms with Gasteiger partial charge < -0.3 is 10.1 Å². The molecule has 1 aliphatic rings. The van der Waals surface area contributed by atoms with Gasteiger partial charge in [-0.3, -0.25) is 9.59 Å². The normalized spacial score (nSPS) is 16.6. The Morgan fingerprint density at radius 2 is 2.00 bits per heavy atom. The highest BCUT2D eigenvalue weighted by atomic mass is 16.5. The number of amides is 1. The fourth-order valence-corrected chi connectivity index (χ4v) is 1.72. The van der Waals surface area contributed by atoms with Crippen LogP contribution in [0.4, 0.5) is 0 Å². The van der Waals surface area contributed by atoms with Crippen LogP contribution in [0, 0.1) is 5.92 Å². The first-order valence-electron chi connectivity index (χ1n) is 5.08. The lowest BCUT2D eigenvalue weighted by atomic mass is 10.1. The predicted molar refractivity (Wildman–Crippen MR) is 51.6 cm³/mol. The quantitative estimate of drug-likeness (QED) is 0.683. The monoisotopic (exact) mass is 199 g/mol. The molecule has 0 heterocycles. The first-order valence-corrected chi connectivity index (χ1v) is 5.08. The zero-order valence-electron chi connectivity index (χ0n) is 8.54. The maximum absolute atomic E-state index is 11.5. The summed E-state index contributed by atoms with van der Waals surface area (Å²) >= 11 is 0. The van der Waals surface area contributed by atoms with Gasteiger partial charge in [0, 0.05) is 12.5 Å². The summed E-state index contributed by atoms with van der Waals surface area (Å²) in [6.07, 6.45) is 4.53. The molecule has 80 valence electrons. The SMILES string of the molecule is COC(=O)CCNC(=O)C1CCCC1. The lowest BCUT2D eigenvalue weighted by molar-refractivity contribution is -0.140. The first-order chi connectivity index (χ1) is 6.74. The maximum atomic E-state index is 11.5. The topological polar surface area (TPSA) is 55.4 Å². The second kappa shape index (κ2) is 5.62. The molecule has 0 atom stereocenters. The van der Waals surface area contributed by atoms with Gasteiger partial charge >= 0.3 is 5.97 Å². The fourth-order valence-electron chi connectivity index (χ4n) is 1.72. The number of rotatable bonds is 4. The molecule has 4 nitrogen and oxygen atoms in total. The molecule has 0 aromatic heterocycles. The fraction of sp³-hybridized carbons (Fsp3) is 0.800. The first kappa shape index (κ1) is 11.0. The summed E-state index contributed by atoms with van der Waals surface area (Å²) in [5, 5.41) is 2.75. The van der Waals surface area contributed by atoms with E-state index in [2.05, 4.69) is 10.1 Å². The Hall–Kier alpha value is -1.06. The standard InChI is InChI=1S/C10H17NO3/c1-14-9(12)6-7-11-10(13)8-4-2-3-5-8/h8H,2-7H2,1H3,(H,11,13). The van der Waals surface area contributed by atoms with Crippen molar-refractivity contribution in [3.63, 3.8) is 0 Å². The summed E-state index contributed by atoms with van der Waals surface area (Å²) in [7, 11) is 1.35. The second-order valence-corrected chi connectivity index (χ2v) is 3.60. The smallest absolute Gasteiger partial charge is 0.307 e. The molecular weight excluding hydrogens is 182 g/mol. The van der Waals surface area contributed by atoms with E-state index in [1.807, 2.05) is 0 Å². The number of carbonyl (C=O) groups is 2. The van der Waals surface area contributed by atoms with E-state index in [1.54, 1.807) is 0 Å². The van der Waals surface area contributed by atoms with Crippen molar-refractivity contribution >= 4 is 11.9 Å². The van der Waals surface area contributed by atoms with Crippen molar-refractivity contribution in [3.05, 3.63) is 0 Å². The van der Waals surface area contributed by atoms with Crippen molar-refractivity contribution in [1.82, 2.24) is 5.32 Å². The van der Waals surface area contributed by atoms with E-state index in [-0.39, 0.29) is 24.2 Å². The maximum Gasteiger partial charge on any atom is 0.307 e. The molecule has 0 aromatic rings. The number of hydrogen-bond donors (Lipinski definition) is 1. The van der Waals surface area contributed by atoms with Crippen molar-refractivity contribution in [2.24, 2.45) is 5.92 Å². The molecule has 0 aromatic carbocycles. The van der Waals surface area contributed by atoms with Crippen molar-refractivity contribution in [2.45, 2.75) is 32.1 Å². The van der Waals surface area contributed by atoms with Crippen LogP contribution in [0.3, 0.4) is 0 Å². The van der Waals surface area contributed by atoms with Crippen LogP contribution >= 0.6 is 0 Å². The van der Waals surface area contributed by atoms with Crippen LogP contribution < -0.4 is 5.32 Å². The van der Waals surface area contributed by atoms with Gasteiger partial charge in [-0.25, -0.2) is 0 Å². The number of carbonyl (C=O) groups excluding carboxylic acids is 2. The van der Waals surface area contributed by atoms with Gasteiger partial charge in [0.1, 0.15) is 0 Å². The van der Waals surface area contributed by atoms with E-state index in [0.717, 1.165) is 25.7 Å². The van der Waals surface area contributed by atoms with Gasteiger partial charge in [0.2, 0.25) is 5.91 Å². The summed E-state index contributed by atoms with van der Waals surface area (Å²) < 4.78 is 4.47. The van der Waals surface area contributed by atoms with Gasteiger partial charge in [0.15, 0.2) is 0 Å². The Morgan fingerprint density at radius 3 is 2.57 bits per heavy atom. The second-order valence-electron chi connectivity index (χ2n) is 3.60. The Morgan fingerprint density at radius 1 is 1.36 bits per heavy atom. The lowest BCUT2D eigenvalue weighted by Crippen LogP contribution is -2.31. The predicted octanol–water partition coefficient (Wildman–Crippen LogP) is 0.856. The Labute approximate surface area is 84.0 Å². The van der Waals surface area contributed by atoms with Gasteiger partial charge in [-0.15, -0.1) is 0 Å². The van der Waals surface area contributed by atoms with E-state index in [1.165, 1.54) is 7.11 Å². The zero-order valence-corrected chi connectivity index (χ0v) is 8.54. The van der Waals surface area contributed by atoms with E-state index in [9.17, 15) is 9.59 Å². The molecule has 14 heavy (non-hydrogen) atoms. The van der Waals surface area contributed by atoms with E-state index >= 15 is 0 Å². The van der Waals surface area contributed by atoms with Crippen LogP contribution in [0.1, 0.15) is 32.1 Å². The van der Waals surface area contributed by atoms with Crippen molar-refractivity contribution in [1.29, 1.82) is 0 Å². The molecule has 1 rings (SSSR count). The minimum Gasteiger partial charge on any atom is -0.469 e. The third-order valence-electron chi connectivity index (χ3n) is 2.58. The Kier molecular flexibility index (Phi) is 4.43. The van der Waals surface area contributed by atoms with E-state index in [4.69, 9.17) is 0 Å². The molecule has 1 fully saturated rings. The molecule has 0 saturated heterocycles. The Bertz CT molecular complexity index is 209. The van der Waals surface area contributed by atoms with Gasteiger partial charge in [-0.1, -0.05) is 12.8 Å². The molecule has 1 saturated carbocycles. The minimum atomic E-state index is -0.281. The lowest BCUT2D eigenvalue weighted by Gasteiger charge is -2.09. The molecule has 0 aliphatic heterocycles.